The normalized spacial score (nSPS) is 14.1. The molecule has 0 saturated carbocycles. The molecule has 1 aromatic rings. The average Bonchev–Trinajstić information content (AvgIpc) is 2.70. The van der Waals surface area contributed by atoms with Gasteiger partial charge in [0.2, 0.25) is 10.0 Å². The Morgan fingerprint density at radius 2 is 2.11 bits per heavy atom. The van der Waals surface area contributed by atoms with E-state index in [-0.39, 0.29) is 11.7 Å². The molecule has 0 aliphatic carbocycles. The molecule has 0 fully saturated rings. The summed E-state index contributed by atoms with van der Waals surface area (Å²) >= 11 is 12.9. The largest absolute Gasteiger partial charge is 0.214 e. The highest BCUT2D eigenvalue weighted by molar-refractivity contribution is 7.89. The minimum Gasteiger partial charge on any atom is -0.212 e. The average molecular weight is 330 g/mol. The number of sulfonamides is 1. The highest BCUT2D eigenvalue weighted by atomic mass is 35.5. The molecule has 0 spiro atoms. The minimum atomic E-state index is -3.26. The number of halogens is 2. The van der Waals surface area contributed by atoms with Crippen molar-refractivity contribution in [3.8, 4) is 0 Å². The van der Waals surface area contributed by atoms with Gasteiger partial charge in [0.15, 0.2) is 0 Å². The Morgan fingerprint density at radius 1 is 1.44 bits per heavy atom. The van der Waals surface area contributed by atoms with Crippen molar-refractivity contribution in [2.45, 2.75) is 20.4 Å². The second-order valence-corrected chi connectivity index (χ2v) is 8.29. The van der Waals surface area contributed by atoms with Gasteiger partial charge in [-0.3, -0.25) is 0 Å². The lowest BCUT2D eigenvalue weighted by Crippen LogP contribution is -2.34. The Labute approximate surface area is 123 Å². The maximum atomic E-state index is 12.2. The zero-order valence-corrected chi connectivity index (χ0v) is 13.5. The molecule has 104 valence electrons. The van der Waals surface area contributed by atoms with Gasteiger partial charge in [-0.1, -0.05) is 25.4 Å². The predicted octanol–water partition coefficient (Wildman–Crippen LogP) is 3.43. The maximum Gasteiger partial charge on any atom is 0.214 e. The van der Waals surface area contributed by atoms with Crippen molar-refractivity contribution in [3.63, 3.8) is 0 Å². The van der Waals surface area contributed by atoms with E-state index in [4.69, 9.17) is 23.2 Å². The van der Waals surface area contributed by atoms with Gasteiger partial charge in [-0.2, -0.15) is 4.31 Å². The van der Waals surface area contributed by atoms with Crippen molar-refractivity contribution in [1.29, 1.82) is 0 Å². The van der Waals surface area contributed by atoms with Crippen LogP contribution in [0.25, 0.3) is 0 Å². The lowest BCUT2D eigenvalue weighted by atomic mass is 10.3. The first-order valence-corrected chi connectivity index (χ1v) is 9.00. The number of hydrogen-bond acceptors (Lipinski definition) is 3. The van der Waals surface area contributed by atoms with Gasteiger partial charge in [0.1, 0.15) is 0 Å². The molecule has 7 heteroatoms. The molecule has 0 bridgehead atoms. The summed E-state index contributed by atoms with van der Waals surface area (Å²) in [5.74, 6) is 0.392. The minimum absolute atomic E-state index is 0.0439. The number of nitrogens with zero attached hydrogens (tertiary/aromatic N) is 1. The van der Waals surface area contributed by atoms with Crippen LogP contribution in [0.2, 0.25) is 4.34 Å². The highest BCUT2D eigenvalue weighted by Gasteiger charge is 2.23. The van der Waals surface area contributed by atoms with E-state index in [0.29, 0.717) is 23.3 Å². The van der Waals surface area contributed by atoms with Gasteiger partial charge in [0.05, 0.1) is 10.1 Å². The van der Waals surface area contributed by atoms with E-state index in [1.165, 1.54) is 15.6 Å². The Balaban J connectivity index is 2.76. The van der Waals surface area contributed by atoms with Crippen LogP contribution in [0.15, 0.2) is 12.1 Å². The van der Waals surface area contributed by atoms with Crippen LogP contribution >= 0.6 is 34.5 Å². The van der Waals surface area contributed by atoms with Gasteiger partial charge in [-0.05, 0) is 18.1 Å². The van der Waals surface area contributed by atoms with Crippen molar-refractivity contribution in [2.24, 2.45) is 5.92 Å². The van der Waals surface area contributed by atoms with Gasteiger partial charge in [0, 0.05) is 23.8 Å². The molecule has 0 amide bonds. The second kappa shape index (κ2) is 7.10. The van der Waals surface area contributed by atoms with Crippen molar-refractivity contribution >= 4 is 44.6 Å². The summed E-state index contributed by atoms with van der Waals surface area (Å²) in [4.78, 5) is 0.948. The summed E-state index contributed by atoms with van der Waals surface area (Å²) in [5, 5.41) is 0. The van der Waals surface area contributed by atoms with Crippen LogP contribution in [0.4, 0.5) is 0 Å². The van der Waals surface area contributed by atoms with E-state index in [0.717, 1.165) is 4.88 Å². The Hall–Kier alpha value is 0.190. The van der Waals surface area contributed by atoms with E-state index in [9.17, 15) is 8.42 Å². The Morgan fingerprint density at radius 3 is 2.56 bits per heavy atom. The van der Waals surface area contributed by atoms with E-state index in [1.54, 1.807) is 6.07 Å². The summed E-state index contributed by atoms with van der Waals surface area (Å²) in [6.45, 7) is 4.50. The number of alkyl halides is 1. The van der Waals surface area contributed by atoms with Gasteiger partial charge in [0.25, 0.3) is 0 Å². The molecule has 18 heavy (non-hydrogen) atoms. The van der Waals surface area contributed by atoms with Gasteiger partial charge >= 0.3 is 0 Å². The zero-order valence-electron chi connectivity index (χ0n) is 10.4. The second-order valence-electron chi connectivity index (χ2n) is 4.17. The van der Waals surface area contributed by atoms with E-state index in [1.807, 2.05) is 19.9 Å². The molecule has 1 unspecified atom stereocenters. The van der Waals surface area contributed by atoms with Crippen molar-refractivity contribution in [2.75, 3.05) is 18.2 Å². The molecule has 0 radical (unpaired) electrons. The van der Waals surface area contributed by atoms with Crippen LogP contribution in [0.1, 0.15) is 18.7 Å². The molecule has 0 saturated heterocycles. The third-order valence-corrected chi connectivity index (χ3v) is 6.37. The van der Waals surface area contributed by atoms with Crippen LogP contribution in [0, 0.1) is 5.92 Å². The number of rotatable bonds is 7. The quantitative estimate of drug-likeness (QED) is 0.718. The lowest BCUT2D eigenvalue weighted by molar-refractivity contribution is 0.422. The third kappa shape index (κ3) is 4.70. The van der Waals surface area contributed by atoms with Gasteiger partial charge in [-0.25, -0.2) is 8.42 Å². The molecule has 1 atom stereocenters. The van der Waals surface area contributed by atoms with Crippen molar-refractivity contribution in [3.05, 3.63) is 21.3 Å². The monoisotopic (exact) mass is 329 g/mol. The van der Waals surface area contributed by atoms with Crippen molar-refractivity contribution in [1.82, 2.24) is 4.31 Å². The van der Waals surface area contributed by atoms with E-state index in [2.05, 4.69) is 0 Å². The molecule has 1 heterocycles. The number of thiophene rings is 1. The molecule has 1 aromatic heterocycles. The van der Waals surface area contributed by atoms with Crippen LogP contribution in [0.5, 0.6) is 0 Å². The predicted molar refractivity (Wildman–Crippen MR) is 79.1 cm³/mol. The molecular weight excluding hydrogens is 313 g/mol. The first-order chi connectivity index (χ1) is 8.39. The van der Waals surface area contributed by atoms with Crippen LogP contribution in [0.3, 0.4) is 0 Å². The molecular formula is C11H17Cl2NO2S2. The summed E-state index contributed by atoms with van der Waals surface area (Å²) in [6, 6.07) is 3.64. The van der Waals surface area contributed by atoms with Gasteiger partial charge in [-0.15, -0.1) is 22.9 Å². The van der Waals surface area contributed by atoms with Crippen LogP contribution < -0.4 is 0 Å². The maximum absolute atomic E-state index is 12.2. The molecule has 0 aliphatic rings. The van der Waals surface area contributed by atoms with Crippen LogP contribution in [-0.2, 0) is 16.6 Å². The van der Waals surface area contributed by atoms with E-state index < -0.39 is 10.0 Å². The summed E-state index contributed by atoms with van der Waals surface area (Å²) < 4.78 is 26.5. The topological polar surface area (TPSA) is 37.4 Å². The summed E-state index contributed by atoms with van der Waals surface area (Å²) in [6.07, 6.45) is 0. The van der Waals surface area contributed by atoms with E-state index >= 15 is 0 Å². The third-order valence-electron chi connectivity index (χ3n) is 2.47. The molecule has 3 nitrogen and oxygen atoms in total. The standard InChI is InChI=1S/C11H17Cl2NO2S2/c1-3-14(7-10-4-5-11(13)17-10)18(15,16)8-9(2)6-12/h4-5,9H,3,6-8H2,1-2H3. The van der Waals surface area contributed by atoms with Crippen LogP contribution in [-0.4, -0.2) is 30.9 Å². The number of hydrogen-bond donors (Lipinski definition) is 0. The fraction of sp³-hybridized carbons (Fsp3) is 0.636. The summed E-state index contributed by atoms with van der Waals surface area (Å²) in [5.41, 5.74) is 0. The molecule has 0 aliphatic heterocycles. The van der Waals surface area contributed by atoms with Crippen molar-refractivity contribution < 1.29 is 8.42 Å². The fourth-order valence-electron chi connectivity index (χ4n) is 1.53. The highest BCUT2D eigenvalue weighted by Crippen LogP contribution is 2.24. The van der Waals surface area contributed by atoms with Gasteiger partial charge < -0.3 is 0 Å². The molecule has 1 rings (SSSR count). The summed E-state index contributed by atoms with van der Waals surface area (Å²) in [7, 11) is -3.26. The first-order valence-electron chi connectivity index (χ1n) is 5.67. The molecule has 0 N–H and O–H groups in total. The zero-order chi connectivity index (χ0) is 13.8. The Kier molecular flexibility index (Phi) is 6.41. The lowest BCUT2D eigenvalue weighted by Gasteiger charge is -2.21. The molecule has 0 aromatic carbocycles. The SMILES string of the molecule is CCN(Cc1ccc(Cl)s1)S(=O)(=O)CC(C)CCl. The Bertz CT molecular complexity index is 473. The first kappa shape index (κ1) is 16.2. The smallest absolute Gasteiger partial charge is 0.212 e. The fourth-order valence-corrected chi connectivity index (χ4v) is 4.73.